The first-order valence-electron chi connectivity index (χ1n) is 5.48. The van der Waals surface area contributed by atoms with Gasteiger partial charge in [-0.3, -0.25) is 0 Å². The normalized spacial score (nSPS) is 10.1. The zero-order chi connectivity index (χ0) is 11.2. The fraction of sp³-hybridized carbons (Fsp3) is 0.231. The molecule has 0 radical (unpaired) electrons. The largest absolute Gasteiger partial charge is 0.350 e. The van der Waals surface area contributed by atoms with E-state index in [4.69, 9.17) is 0 Å². The van der Waals surface area contributed by atoms with Crippen LogP contribution in [0.3, 0.4) is 0 Å². The number of nitrogens with zero attached hydrogens (tertiary/aromatic N) is 2. The fourth-order valence-corrected chi connectivity index (χ4v) is 1.64. The van der Waals surface area contributed by atoms with Crippen molar-refractivity contribution in [1.82, 2.24) is 9.97 Å². The molecule has 3 heteroatoms. The molecule has 1 aromatic heterocycles. The van der Waals surface area contributed by atoms with Crippen molar-refractivity contribution in [2.75, 3.05) is 5.32 Å². The molecule has 0 saturated carbocycles. The van der Waals surface area contributed by atoms with Crippen molar-refractivity contribution in [2.45, 2.75) is 19.9 Å². The second-order valence-electron chi connectivity index (χ2n) is 3.55. The molecule has 0 saturated heterocycles. The molecule has 82 valence electrons. The highest BCUT2D eigenvalue weighted by molar-refractivity contribution is 5.32. The topological polar surface area (TPSA) is 37.8 Å². The molecule has 1 aromatic carbocycles. The molecule has 0 unspecified atom stereocenters. The van der Waals surface area contributed by atoms with E-state index in [1.165, 1.54) is 11.1 Å². The summed E-state index contributed by atoms with van der Waals surface area (Å²) in [5, 5.41) is 3.21. The Hall–Kier alpha value is -1.90. The highest BCUT2D eigenvalue weighted by atomic mass is 15.1. The van der Waals surface area contributed by atoms with Crippen molar-refractivity contribution in [2.24, 2.45) is 0 Å². The predicted octanol–water partition coefficient (Wildman–Crippen LogP) is 2.65. The summed E-state index contributed by atoms with van der Waals surface area (Å²) in [6.45, 7) is 2.94. The number of benzene rings is 1. The highest BCUT2D eigenvalue weighted by Gasteiger charge is 1.99. The molecule has 2 aromatic rings. The van der Waals surface area contributed by atoms with Crippen molar-refractivity contribution >= 4 is 5.95 Å². The van der Waals surface area contributed by atoms with Crippen molar-refractivity contribution in [3.05, 3.63) is 53.9 Å². The Balaban J connectivity index is 2.05. The van der Waals surface area contributed by atoms with Gasteiger partial charge in [0.25, 0.3) is 0 Å². The first-order valence-corrected chi connectivity index (χ1v) is 5.48. The maximum absolute atomic E-state index is 4.13. The third kappa shape index (κ3) is 2.57. The lowest BCUT2D eigenvalue weighted by Gasteiger charge is -2.08. The molecule has 0 aliphatic rings. The van der Waals surface area contributed by atoms with E-state index in [2.05, 4.69) is 46.5 Å². The third-order valence-corrected chi connectivity index (χ3v) is 2.50. The van der Waals surface area contributed by atoms with Gasteiger partial charge in [-0.25, -0.2) is 9.97 Å². The van der Waals surface area contributed by atoms with E-state index in [0.717, 1.165) is 13.0 Å². The van der Waals surface area contributed by atoms with Gasteiger partial charge in [-0.1, -0.05) is 31.2 Å². The zero-order valence-electron chi connectivity index (χ0n) is 9.35. The summed E-state index contributed by atoms with van der Waals surface area (Å²) in [4.78, 5) is 8.25. The van der Waals surface area contributed by atoms with Crippen molar-refractivity contribution in [3.63, 3.8) is 0 Å². The number of hydrogen-bond donors (Lipinski definition) is 1. The van der Waals surface area contributed by atoms with Gasteiger partial charge in [-0.2, -0.15) is 0 Å². The maximum atomic E-state index is 4.13. The summed E-state index contributed by atoms with van der Waals surface area (Å²) in [6, 6.07) is 10.2. The minimum absolute atomic E-state index is 0.674. The quantitative estimate of drug-likeness (QED) is 0.848. The van der Waals surface area contributed by atoms with Crippen LogP contribution in [0.1, 0.15) is 18.1 Å². The molecule has 0 amide bonds. The second-order valence-corrected chi connectivity index (χ2v) is 3.55. The highest BCUT2D eigenvalue weighted by Crippen LogP contribution is 2.10. The molecule has 0 bridgehead atoms. The van der Waals surface area contributed by atoms with Crippen molar-refractivity contribution < 1.29 is 0 Å². The van der Waals surface area contributed by atoms with Crippen molar-refractivity contribution in [1.29, 1.82) is 0 Å². The molecule has 2 rings (SSSR count). The number of nitrogens with one attached hydrogen (secondary N) is 1. The number of hydrogen-bond acceptors (Lipinski definition) is 3. The lowest BCUT2D eigenvalue weighted by Crippen LogP contribution is -2.04. The SMILES string of the molecule is CCc1ccccc1CNc1ncccn1. The summed E-state index contributed by atoms with van der Waals surface area (Å²) in [7, 11) is 0. The van der Waals surface area contributed by atoms with Crippen LogP contribution in [0.15, 0.2) is 42.7 Å². The Morgan fingerprint density at radius 2 is 1.69 bits per heavy atom. The monoisotopic (exact) mass is 213 g/mol. The zero-order valence-corrected chi connectivity index (χ0v) is 9.35. The van der Waals surface area contributed by atoms with Crippen molar-refractivity contribution in [3.8, 4) is 0 Å². The Bertz CT molecular complexity index is 440. The van der Waals surface area contributed by atoms with Crippen LogP contribution >= 0.6 is 0 Å². The van der Waals surface area contributed by atoms with Gasteiger partial charge in [0.15, 0.2) is 0 Å². The summed E-state index contributed by atoms with van der Waals surface area (Å²) >= 11 is 0. The van der Waals surface area contributed by atoms with Crippen LogP contribution in [0.4, 0.5) is 5.95 Å². The summed E-state index contributed by atoms with van der Waals surface area (Å²) in [6.07, 6.45) is 4.52. The van der Waals surface area contributed by atoms with Gasteiger partial charge in [0, 0.05) is 18.9 Å². The van der Waals surface area contributed by atoms with Crippen LogP contribution in [-0.4, -0.2) is 9.97 Å². The van der Waals surface area contributed by atoms with Gasteiger partial charge in [-0.05, 0) is 23.6 Å². The maximum Gasteiger partial charge on any atom is 0.222 e. The molecule has 0 fully saturated rings. The molecule has 0 atom stereocenters. The Labute approximate surface area is 95.6 Å². The van der Waals surface area contributed by atoms with E-state index in [1.54, 1.807) is 12.4 Å². The standard InChI is InChI=1S/C13H15N3/c1-2-11-6-3-4-7-12(11)10-16-13-14-8-5-9-15-13/h3-9H,2,10H2,1H3,(H,14,15,16). The Morgan fingerprint density at radius 3 is 2.38 bits per heavy atom. The minimum Gasteiger partial charge on any atom is -0.350 e. The second kappa shape index (κ2) is 5.26. The van der Waals surface area contributed by atoms with Crippen LogP contribution in [0.5, 0.6) is 0 Å². The molecule has 1 heterocycles. The van der Waals surface area contributed by atoms with Crippen LogP contribution < -0.4 is 5.32 Å². The lowest BCUT2D eigenvalue weighted by molar-refractivity contribution is 1.01. The molecule has 0 aliphatic carbocycles. The van der Waals surface area contributed by atoms with Crippen LogP contribution in [-0.2, 0) is 13.0 Å². The van der Waals surface area contributed by atoms with Gasteiger partial charge < -0.3 is 5.32 Å². The van der Waals surface area contributed by atoms with Gasteiger partial charge in [0.05, 0.1) is 0 Å². The van der Waals surface area contributed by atoms with E-state index >= 15 is 0 Å². The molecular weight excluding hydrogens is 198 g/mol. The lowest BCUT2D eigenvalue weighted by atomic mass is 10.1. The summed E-state index contributed by atoms with van der Waals surface area (Å²) in [5.41, 5.74) is 2.67. The average Bonchev–Trinajstić information content (AvgIpc) is 2.38. The third-order valence-electron chi connectivity index (χ3n) is 2.50. The van der Waals surface area contributed by atoms with Crippen LogP contribution in [0.25, 0.3) is 0 Å². The first-order chi connectivity index (χ1) is 7.90. The van der Waals surface area contributed by atoms with Gasteiger partial charge >= 0.3 is 0 Å². The molecule has 0 aliphatic heterocycles. The van der Waals surface area contributed by atoms with E-state index in [9.17, 15) is 0 Å². The summed E-state index contributed by atoms with van der Waals surface area (Å²) < 4.78 is 0. The van der Waals surface area contributed by atoms with Gasteiger partial charge in [0.1, 0.15) is 0 Å². The average molecular weight is 213 g/mol. The first kappa shape index (κ1) is 10.6. The van der Waals surface area contributed by atoms with Crippen LogP contribution in [0.2, 0.25) is 0 Å². The van der Waals surface area contributed by atoms with E-state index in [0.29, 0.717) is 5.95 Å². The molecule has 16 heavy (non-hydrogen) atoms. The Kier molecular flexibility index (Phi) is 3.49. The van der Waals surface area contributed by atoms with Gasteiger partial charge in [0.2, 0.25) is 5.95 Å². The number of aryl methyl sites for hydroxylation is 1. The number of aromatic nitrogens is 2. The molecule has 3 nitrogen and oxygen atoms in total. The number of anilines is 1. The van der Waals surface area contributed by atoms with E-state index in [1.807, 2.05) is 6.07 Å². The fourth-order valence-electron chi connectivity index (χ4n) is 1.64. The minimum atomic E-state index is 0.674. The molecule has 1 N–H and O–H groups in total. The number of rotatable bonds is 4. The molecular formula is C13H15N3. The van der Waals surface area contributed by atoms with E-state index < -0.39 is 0 Å². The smallest absolute Gasteiger partial charge is 0.222 e. The molecule has 0 spiro atoms. The van der Waals surface area contributed by atoms with E-state index in [-0.39, 0.29) is 0 Å². The summed E-state index contributed by atoms with van der Waals surface area (Å²) in [5.74, 6) is 0.674. The van der Waals surface area contributed by atoms with Crippen LogP contribution in [0, 0.1) is 0 Å². The Morgan fingerprint density at radius 1 is 1.00 bits per heavy atom. The van der Waals surface area contributed by atoms with Gasteiger partial charge in [-0.15, -0.1) is 0 Å². The predicted molar refractivity (Wildman–Crippen MR) is 65.2 cm³/mol.